The van der Waals surface area contributed by atoms with Gasteiger partial charge in [0, 0.05) is 25.7 Å². The lowest BCUT2D eigenvalue weighted by molar-refractivity contribution is -0.161. The van der Waals surface area contributed by atoms with Crippen LogP contribution in [-0.4, -0.2) is 96.7 Å². The lowest BCUT2D eigenvalue weighted by Gasteiger charge is -2.21. The first-order chi connectivity index (χ1) is 43.6. The Morgan fingerprint density at radius 2 is 0.462 bits per heavy atom. The third kappa shape index (κ3) is 66.5. The molecule has 0 aromatic carbocycles. The molecular formula is C72H140O17P2. The molecule has 0 fully saturated rings. The van der Waals surface area contributed by atoms with E-state index in [1.54, 1.807) is 0 Å². The van der Waals surface area contributed by atoms with Crippen LogP contribution >= 0.6 is 15.6 Å². The molecule has 0 amide bonds. The first-order valence-electron chi connectivity index (χ1n) is 37.2. The molecule has 5 atom stereocenters. The van der Waals surface area contributed by atoms with Gasteiger partial charge >= 0.3 is 39.5 Å². The Hall–Kier alpha value is -1.94. The van der Waals surface area contributed by atoms with Crippen LogP contribution < -0.4 is 0 Å². The van der Waals surface area contributed by atoms with Crippen LogP contribution in [0.3, 0.4) is 0 Å². The number of aliphatic hydroxyl groups excluding tert-OH is 1. The first kappa shape index (κ1) is 89.1. The van der Waals surface area contributed by atoms with Gasteiger partial charge in [-0.2, -0.15) is 0 Å². The standard InChI is InChI=1S/C72H140O17P2/c1-62(2)48-40-32-24-17-13-11-9-10-12-14-20-29-38-46-54-71(76)88-68(59-83-70(75)53-45-37-31-23-27-35-43-51-65(7)8)61-87-91(80,81)85-57-66(73)56-84-90(78,79)86-60-67(89-72(77)55-47-39-30-22-16-19-26-34-42-50-64(5)6)58-82-69(74)52-44-36-28-21-15-18-25-33-41-49-63(3)4/h62-68,73H,9-61H2,1-8H3,(H,78,79)(H,80,81)/t66?,67-,68-/m1/s1. The second kappa shape index (κ2) is 61.6. The van der Waals surface area contributed by atoms with Gasteiger partial charge in [-0.3, -0.25) is 37.3 Å². The quantitative estimate of drug-likeness (QED) is 0.0222. The Balaban J connectivity index is 5.24. The lowest BCUT2D eigenvalue weighted by Crippen LogP contribution is -2.30. The van der Waals surface area contributed by atoms with E-state index in [-0.39, 0.29) is 25.7 Å². The Bertz CT molecular complexity index is 1800. The summed E-state index contributed by atoms with van der Waals surface area (Å²) >= 11 is 0. The van der Waals surface area contributed by atoms with Crippen molar-refractivity contribution in [3.63, 3.8) is 0 Å². The van der Waals surface area contributed by atoms with E-state index in [0.29, 0.717) is 31.6 Å². The third-order valence-electron chi connectivity index (χ3n) is 16.6. The molecule has 0 aliphatic rings. The maximum absolute atomic E-state index is 13.0. The molecule has 0 spiro atoms. The summed E-state index contributed by atoms with van der Waals surface area (Å²) in [5, 5.41) is 10.6. The van der Waals surface area contributed by atoms with Crippen molar-refractivity contribution in [1.82, 2.24) is 0 Å². The summed E-state index contributed by atoms with van der Waals surface area (Å²) in [5.41, 5.74) is 0. The van der Waals surface area contributed by atoms with Crippen LogP contribution in [0.1, 0.15) is 357 Å². The highest BCUT2D eigenvalue weighted by atomic mass is 31.2. The number of aliphatic hydroxyl groups is 1. The number of unbranched alkanes of at least 4 members (excludes halogenated alkanes) is 35. The topological polar surface area (TPSA) is 237 Å². The third-order valence-corrected chi connectivity index (χ3v) is 18.5. The summed E-state index contributed by atoms with van der Waals surface area (Å²) in [6, 6.07) is 0. The van der Waals surface area contributed by atoms with E-state index in [2.05, 4.69) is 55.4 Å². The van der Waals surface area contributed by atoms with Crippen LogP contribution in [-0.2, 0) is 65.4 Å². The zero-order valence-corrected chi connectivity index (χ0v) is 61.3. The summed E-state index contributed by atoms with van der Waals surface area (Å²) < 4.78 is 68.3. The highest BCUT2D eigenvalue weighted by Crippen LogP contribution is 2.45. The van der Waals surface area contributed by atoms with Crippen molar-refractivity contribution in [2.75, 3.05) is 39.6 Å². The number of esters is 4. The number of rotatable bonds is 69. The number of carbonyl (C=O) groups excluding carboxylic acids is 4. The molecular weight excluding hydrogens is 1200 g/mol. The molecule has 0 aliphatic carbocycles. The Kier molecular flexibility index (Phi) is 60.3. The number of ether oxygens (including phenoxy) is 4. The summed E-state index contributed by atoms with van der Waals surface area (Å²) in [5.74, 6) is 0.853. The van der Waals surface area contributed by atoms with E-state index in [4.69, 9.17) is 37.0 Å². The molecule has 0 aromatic rings. The lowest BCUT2D eigenvalue weighted by atomic mass is 10.0. The van der Waals surface area contributed by atoms with E-state index in [0.717, 1.165) is 114 Å². The van der Waals surface area contributed by atoms with Gasteiger partial charge in [0.1, 0.15) is 19.3 Å². The van der Waals surface area contributed by atoms with Gasteiger partial charge < -0.3 is 33.8 Å². The second-order valence-electron chi connectivity index (χ2n) is 27.9. The average molecular weight is 1340 g/mol. The van der Waals surface area contributed by atoms with Crippen LogP contribution in [0.5, 0.6) is 0 Å². The Labute approximate surface area is 556 Å². The van der Waals surface area contributed by atoms with Crippen LogP contribution in [0.15, 0.2) is 0 Å². The summed E-state index contributed by atoms with van der Waals surface area (Å²) in [6.45, 7) is 14.1. The molecule has 3 unspecified atom stereocenters. The van der Waals surface area contributed by atoms with Crippen molar-refractivity contribution < 1.29 is 80.2 Å². The average Bonchev–Trinajstić information content (AvgIpc) is 3.56. The van der Waals surface area contributed by atoms with Gasteiger partial charge in [0.15, 0.2) is 12.2 Å². The number of carbonyl (C=O) groups is 4. The van der Waals surface area contributed by atoms with E-state index in [1.807, 2.05) is 0 Å². The Morgan fingerprint density at radius 3 is 0.681 bits per heavy atom. The SMILES string of the molecule is CC(C)CCCCCCCCCCCCCCCCC(=O)O[C@H](COC(=O)CCCCCCCCCC(C)C)COP(=O)(O)OCC(O)COP(=O)(O)OC[C@@H](COC(=O)CCCCCCCCCCCC(C)C)OC(=O)CCCCCCCCCCCC(C)C. The molecule has 0 rings (SSSR count). The van der Waals surface area contributed by atoms with Crippen molar-refractivity contribution in [3.05, 3.63) is 0 Å². The fourth-order valence-electron chi connectivity index (χ4n) is 10.8. The maximum atomic E-state index is 13.0. The summed E-state index contributed by atoms with van der Waals surface area (Å²) in [7, 11) is -9.91. The molecule has 0 aromatic heterocycles. The molecule has 0 saturated heterocycles. The highest BCUT2D eigenvalue weighted by Gasteiger charge is 2.30. The van der Waals surface area contributed by atoms with E-state index in [9.17, 15) is 43.2 Å². The van der Waals surface area contributed by atoms with Crippen LogP contribution in [0, 0.1) is 23.7 Å². The number of hydrogen-bond acceptors (Lipinski definition) is 15. The zero-order valence-electron chi connectivity index (χ0n) is 59.5. The minimum atomic E-state index is -4.95. The van der Waals surface area contributed by atoms with Gasteiger partial charge in [0.2, 0.25) is 0 Å². The van der Waals surface area contributed by atoms with Crippen molar-refractivity contribution >= 4 is 39.5 Å². The van der Waals surface area contributed by atoms with Crippen LogP contribution in [0.25, 0.3) is 0 Å². The van der Waals surface area contributed by atoms with Crippen molar-refractivity contribution in [1.29, 1.82) is 0 Å². The van der Waals surface area contributed by atoms with Crippen LogP contribution in [0.2, 0.25) is 0 Å². The second-order valence-corrected chi connectivity index (χ2v) is 30.8. The van der Waals surface area contributed by atoms with Crippen molar-refractivity contribution in [2.24, 2.45) is 23.7 Å². The fourth-order valence-corrected chi connectivity index (χ4v) is 12.4. The predicted molar refractivity (Wildman–Crippen MR) is 367 cm³/mol. The molecule has 91 heavy (non-hydrogen) atoms. The number of phosphoric acid groups is 2. The Morgan fingerprint density at radius 1 is 0.275 bits per heavy atom. The minimum Gasteiger partial charge on any atom is -0.462 e. The first-order valence-corrected chi connectivity index (χ1v) is 40.2. The molecule has 0 bridgehead atoms. The van der Waals surface area contributed by atoms with Crippen LogP contribution in [0.4, 0.5) is 0 Å². The van der Waals surface area contributed by atoms with Gasteiger partial charge in [-0.25, -0.2) is 9.13 Å². The largest absolute Gasteiger partial charge is 0.472 e. The van der Waals surface area contributed by atoms with Gasteiger partial charge in [-0.05, 0) is 49.4 Å². The number of phosphoric ester groups is 2. The predicted octanol–water partition coefficient (Wildman–Crippen LogP) is 20.5. The molecule has 19 heteroatoms. The normalized spacial score (nSPS) is 14.2. The van der Waals surface area contributed by atoms with Gasteiger partial charge in [-0.1, -0.05) is 306 Å². The minimum absolute atomic E-state index is 0.104. The molecule has 540 valence electrons. The zero-order chi connectivity index (χ0) is 67.5. The van der Waals surface area contributed by atoms with Crippen molar-refractivity contribution in [2.45, 2.75) is 375 Å². The molecule has 0 saturated carbocycles. The molecule has 3 N–H and O–H groups in total. The van der Waals surface area contributed by atoms with E-state index >= 15 is 0 Å². The van der Waals surface area contributed by atoms with E-state index < -0.39 is 97.5 Å². The molecule has 17 nitrogen and oxygen atoms in total. The fraction of sp³-hybridized carbons (Fsp3) is 0.944. The van der Waals surface area contributed by atoms with Crippen molar-refractivity contribution in [3.8, 4) is 0 Å². The maximum Gasteiger partial charge on any atom is 0.472 e. The molecule has 0 aliphatic heterocycles. The summed E-state index contributed by atoms with van der Waals surface area (Å²) in [4.78, 5) is 72.6. The van der Waals surface area contributed by atoms with Gasteiger partial charge in [0.05, 0.1) is 26.4 Å². The van der Waals surface area contributed by atoms with Gasteiger partial charge in [0.25, 0.3) is 0 Å². The van der Waals surface area contributed by atoms with E-state index in [1.165, 1.54) is 154 Å². The number of hydrogen-bond donors (Lipinski definition) is 3. The smallest absolute Gasteiger partial charge is 0.462 e. The molecule has 0 heterocycles. The van der Waals surface area contributed by atoms with Gasteiger partial charge in [-0.15, -0.1) is 0 Å². The monoisotopic (exact) mass is 1340 g/mol. The summed E-state index contributed by atoms with van der Waals surface area (Å²) in [6.07, 6.45) is 44.5. The molecule has 0 radical (unpaired) electrons. The highest BCUT2D eigenvalue weighted by molar-refractivity contribution is 7.47.